The van der Waals surface area contributed by atoms with Crippen molar-refractivity contribution >= 4 is 34.3 Å². The van der Waals surface area contributed by atoms with Crippen molar-refractivity contribution in [2.24, 2.45) is 0 Å². The highest BCUT2D eigenvalue weighted by molar-refractivity contribution is 7.16. The lowest BCUT2D eigenvalue weighted by Crippen LogP contribution is -2.44. The highest BCUT2D eigenvalue weighted by atomic mass is 32.1. The molecule has 0 bridgehead atoms. The molecule has 1 atom stereocenters. The molecule has 0 aliphatic carbocycles. The number of aryl methyl sites for hydroxylation is 1. The lowest BCUT2D eigenvalue weighted by molar-refractivity contribution is -0.134. The summed E-state index contributed by atoms with van der Waals surface area (Å²) in [5.41, 5.74) is 1.18. The third kappa shape index (κ3) is 4.38. The van der Waals surface area contributed by atoms with Gasteiger partial charge < -0.3 is 15.4 Å². The number of nitrogens with zero attached hydrogens (tertiary/aromatic N) is 2. The second kappa shape index (κ2) is 9.64. The van der Waals surface area contributed by atoms with Crippen molar-refractivity contribution in [1.29, 1.82) is 0 Å². The first-order valence-corrected chi connectivity index (χ1v) is 11.9. The van der Waals surface area contributed by atoms with Crippen LogP contribution in [0.4, 0.5) is 9.93 Å². The number of ether oxygens (including phenoxy) is 1. The highest BCUT2D eigenvalue weighted by Crippen LogP contribution is 2.33. The maximum Gasteiger partial charge on any atom is 0.325 e. The van der Waals surface area contributed by atoms with Crippen LogP contribution in [0.15, 0.2) is 54.6 Å². The van der Waals surface area contributed by atoms with Gasteiger partial charge in [0.15, 0.2) is 5.13 Å². The second-order valence-corrected chi connectivity index (χ2v) is 9.08. The number of anilines is 1. The van der Waals surface area contributed by atoms with Gasteiger partial charge in [0.05, 0.1) is 12.3 Å². The van der Waals surface area contributed by atoms with E-state index in [9.17, 15) is 14.4 Å². The van der Waals surface area contributed by atoms with Gasteiger partial charge in [0.2, 0.25) is 5.91 Å². The molecule has 4 rings (SSSR count). The summed E-state index contributed by atoms with van der Waals surface area (Å²) in [7, 11) is 0. The molecule has 2 aromatic carbocycles. The number of carbonyl (C=O) groups excluding carboxylic acids is 3. The summed E-state index contributed by atoms with van der Waals surface area (Å²) in [5.74, 6) is -0.151. The maximum absolute atomic E-state index is 13.2. The fraction of sp³-hybridized carbons (Fsp3) is 0.280. The van der Waals surface area contributed by atoms with Crippen LogP contribution in [0.1, 0.15) is 30.7 Å². The zero-order valence-corrected chi connectivity index (χ0v) is 20.1. The molecular weight excluding hydrogens is 452 g/mol. The Balaban J connectivity index is 1.46. The number of benzene rings is 2. The molecule has 1 aromatic heterocycles. The van der Waals surface area contributed by atoms with Crippen molar-refractivity contribution in [2.75, 3.05) is 18.5 Å². The van der Waals surface area contributed by atoms with Gasteiger partial charge in [0.25, 0.3) is 5.91 Å². The predicted octanol–water partition coefficient (Wildman–Crippen LogP) is 4.31. The van der Waals surface area contributed by atoms with E-state index in [0.29, 0.717) is 23.7 Å². The number of rotatable bonds is 8. The Labute approximate surface area is 202 Å². The molecule has 0 saturated carbocycles. The predicted molar refractivity (Wildman–Crippen MR) is 131 cm³/mol. The van der Waals surface area contributed by atoms with E-state index < -0.39 is 29.9 Å². The third-order valence-electron chi connectivity index (χ3n) is 5.76. The van der Waals surface area contributed by atoms with Crippen molar-refractivity contribution in [3.63, 3.8) is 0 Å². The van der Waals surface area contributed by atoms with Crippen molar-refractivity contribution in [3.05, 3.63) is 65.0 Å². The molecule has 2 N–H and O–H groups in total. The van der Waals surface area contributed by atoms with Crippen LogP contribution in [0, 0.1) is 6.92 Å². The molecule has 0 radical (unpaired) electrons. The van der Waals surface area contributed by atoms with Gasteiger partial charge in [-0.05, 0) is 50.1 Å². The molecule has 9 heteroatoms. The number of hydrogen-bond donors (Lipinski definition) is 2. The van der Waals surface area contributed by atoms with Crippen LogP contribution in [-0.2, 0) is 15.1 Å². The Morgan fingerprint density at radius 2 is 1.82 bits per heavy atom. The Morgan fingerprint density at radius 1 is 1.12 bits per heavy atom. The van der Waals surface area contributed by atoms with Crippen LogP contribution in [0.2, 0.25) is 0 Å². The van der Waals surface area contributed by atoms with E-state index in [-0.39, 0.29) is 0 Å². The van der Waals surface area contributed by atoms with E-state index >= 15 is 0 Å². The normalized spacial score (nSPS) is 17.6. The first kappa shape index (κ1) is 23.4. The Bertz CT molecular complexity index is 1210. The number of hydrogen-bond acceptors (Lipinski definition) is 6. The molecule has 8 nitrogen and oxygen atoms in total. The number of nitrogens with one attached hydrogen (secondary N) is 2. The van der Waals surface area contributed by atoms with Crippen molar-refractivity contribution in [3.8, 4) is 17.0 Å². The van der Waals surface area contributed by atoms with Crippen LogP contribution < -0.4 is 15.4 Å². The SMILES string of the molecule is CCOc1ccc(-c2nc(NC(=O)CN3C(=O)NC(CC)(c4ccccc4)C3=O)sc2C)cc1. The molecule has 34 heavy (non-hydrogen) atoms. The van der Waals surface area contributed by atoms with Crippen molar-refractivity contribution < 1.29 is 19.1 Å². The number of imide groups is 1. The number of carbonyl (C=O) groups is 3. The molecule has 1 unspecified atom stereocenters. The molecule has 1 fully saturated rings. The summed E-state index contributed by atoms with van der Waals surface area (Å²) in [5, 5.41) is 5.92. The Kier molecular flexibility index (Phi) is 6.65. The summed E-state index contributed by atoms with van der Waals surface area (Å²) in [4.78, 5) is 45.0. The van der Waals surface area contributed by atoms with E-state index in [1.807, 2.05) is 63.2 Å². The van der Waals surface area contributed by atoms with Gasteiger partial charge in [-0.2, -0.15) is 0 Å². The lowest BCUT2D eigenvalue weighted by Gasteiger charge is -2.25. The number of aromatic nitrogens is 1. The van der Waals surface area contributed by atoms with Crippen molar-refractivity contribution in [1.82, 2.24) is 15.2 Å². The summed E-state index contributed by atoms with van der Waals surface area (Å²) >= 11 is 1.33. The van der Waals surface area contributed by atoms with E-state index in [2.05, 4.69) is 15.6 Å². The minimum absolute atomic E-state index is 0.372. The zero-order valence-electron chi connectivity index (χ0n) is 19.3. The van der Waals surface area contributed by atoms with Crippen LogP contribution >= 0.6 is 11.3 Å². The fourth-order valence-corrected chi connectivity index (χ4v) is 4.88. The molecule has 1 saturated heterocycles. The van der Waals surface area contributed by atoms with E-state index in [4.69, 9.17) is 4.74 Å². The van der Waals surface area contributed by atoms with Gasteiger partial charge >= 0.3 is 6.03 Å². The standard InChI is InChI=1S/C25H26N4O4S/c1-4-25(18-9-7-6-8-10-18)22(31)29(24(32)28-25)15-20(30)26-23-27-21(16(3)34-23)17-11-13-19(14-12-17)33-5-2/h6-14H,4-5,15H2,1-3H3,(H,28,32)(H,26,27,30). The zero-order chi connectivity index (χ0) is 24.3. The van der Waals surface area contributed by atoms with Crippen LogP contribution in [0.25, 0.3) is 11.3 Å². The molecule has 1 aliphatic heterocycles. The van der Waals surface area contributed by atoms with E-state index in [0.717, 1.165) is 26.8 Å². The first-order chi connectivity index (χ1) is 16.4. The van der Waals surface area contributed by atoms with Crippen LogP contribution in [0.3, 0.4) is 0 Å². The Morgan fingerprint density at radius 3 is 2.47 bits per heavy atom. The minimum Gasteiger partial charge on any atom is -0.494 e. The smallest absolute Gasteiger partial charge is 0.325 e. The molecule has 4 amide bonds. The average Bonchev–Trinajstić information content (AvgIpc) is 3.32. The first-order valence-electron chi connectivity index (χ1n) is 11.1. The van der Waals surface area contributed by atoms with E-state index in [1.165, 1.54) is 11.3 Å². The Hall–Kier alpha value is -3.72. The van der Waals surface area contributed by atoms with Gasteiger partial charge in [-0.15, -0.1) is 11.3 Å². The summed E-state index contributed by atoms with van der Waals surface area (Å²) in [6.45, 7) is 5.88. The molecule has 176 valence electrons. The maximum atomic E-state index is 13.2. The van der Waals surface area contributed by atoms with Crippen LogP contribution in [-0.4, -0.2) is 40.9 Å². The summed E-state index contributed by atoms with van der Waals surface area (Å²) in [6.07, 6.45) is 0.372. The highest BCUT2D eigenvalue weighted by Gasteiger charge is 2.51. The number of urea groups is 1. The van der Waals surface area contributed by atoms with Gasteiger partial charge in [-0.25, -0.2) is 9.78 Å². The second-order valence-electron chi connectivity index (χ2n) is 7.88. The third-order valence-corrected chi connectivity index (χ3v) is 6.64. The van der Waals surface area contributed by atoms with Gasteiger partial charge in [0.1, 0.15) is 17.8 Å². The summed E-state index contributed by atoms with van der Waals surface area (Å²) < 4.78 is 5.48. The molecular formula is C25H26N4O4S. The van der Waals surface area contributed by atoms with Crippen molar-refractivity contribution in [2.45, 2.75) is 32.7 Å². The van der Waals surface area contributed by atoms with Gasteiger partial charge in [-0.1, -0.05) is 37.3 Å². The lowest BCUT2D eigenvalue weighted by atomic mass is 9.87. The molecule has 1 aliphatic rings. The van der Waals surface area contributed by atoms with Gasteiger partial charge in [-0.3, -0.25) is 14.5 Å². The quantitative estimate of drug-likeness (QED) is 0.470. The number of amides is 4. The minimum atomic E-state index is -1.17. The topological polar surface area (TPSA) is 101 Å². The largest absolute Gasteiger partial charge is 0.494 e. The average molecular weight is 479 g/mol. The molecule has 2 heterocycles. The van der Waals surface area contributed by atoms with Crippen LogP contribution in [0.5, 0.6) is 5.75 Å². The van der Waals surface area contributed by atoms with E-state index in [1.54, 1.807) is 12.1 Å². The monoisotopic (exact) mass is 478 g/mol. The van der Waals surface area contributed by atoms with Gasteiger partial charge in [0, 0.05) is 10.4 Å². The number of thiazole rings is 1. The molecule has 0 spiro atoms. The fourth-order valence-electron chi connectivity index (χ4n) is 4.03. The molecule has 3 aromatic rings. The summed E-state index contributed by atoms with van der Waals surface area (Å²) in [6, 6.07) is 16.1.